The maximum Gasteiger partial charge on any atom is 0.339 e. The predicted molar refractivity (Wildman–Crippen MR) is 135 cm³/mol. The van der Waals surface area contributed by atoms with Crippen LogP contribution in [0.1, 0.15) is 53.6 Å². The second-order valence-electron chi connectivity index (χ2n) is 9.64. The van der Waals surface area contributed by atoms with Crippen molar-refractivity contribution < 1.29 is 48.5 Å². The number of ketones is 1. The second kappa shape index (κ2) is 13.2. The number of carboxylic acid groups (broad SMARTS) is 1. The number of hydrogen-bond acceptors (Lipinski definition) is 9. The number of nitrogens with zero attached hydrogens (tertiary/aromatic N) is 2. The Balaban J connectivity index is 1.76. The molecule has 1 aromatic carbocycles. The lowest BCUT2D eigenvalue weighted by Crippen LogP contribution is -2.64. The van der Waals surface area contributed by atoms with Crippen molar-refractivity contribution in [2.45, 2.75) is 64.1 Å². The van der Waals surface area contributed by atoms with E-state index < -0.39 is 79.1 Å². The highest BCUT2D eigenvalue weighted by molar-refractivity contribution is 5.99. The van der Waals surface area contributed by atoms with Crippen LogP contribution in [-0.2, 0) is 33.5 Å². The number of Topliss-reactive ketones (excluding diaryl/α,β-unsaturated/α-hetero) is 1. The van der Waals surface area contributed by atoms with Crippen LogP contribution in [0.3, 0.4) is 0 Å². The van der Waals surface area contributed by atoms with Crippen LogP contribution in [0.4, 0.5) is 0 Å². The maximum absolute atomic E-state index is 13.3. The van der Waals surface area contributed by atoms with Crippen LogP contribution in [0.25, 0.3) is 0 Å². The average Bonchev–Trinajstić information content (AvgIpc) is 3.02. The third kappa shape index (κ3) is 7.00. The molecule has 3 atom stereocenters. The van der Waals surface area contributed by atoms with Gasteiger partial charge < -0.3 is 25.6 Å². The third-order valence-corrected chi connectivity index (χ3v) is 6.76. The van der Waals surface area contributed by atoms with Gasteiger partial charge in [-0.25, -0.2) is 9.80 Å². The van der Waals surface area contributed by atoms with E-state index in [9.17, 15) is 38.7 Å². The molecule has 0 aromatic heterocycles. The zero-order valence-corrected chi connectivity index (χ0v) is 22.2. The van der Waals surface area contributed by atoms with Crippen molar-refractivity contribution in [1.82, 2.24) is 20.7 Å². The van der Waals surface area contributed by atoms with E-state index in [4.69, 9.17) is 9.84 Å². The van der Waals surface area contributed by atoms with Crippen molar-refractivity contribution in [3.8, 4) is 0 Å². The van der Waals surface area contributed by atoms with Crippen molar-refractivity contribution in [1.29, 1.82) is 0 Å². The number of hydrazine groups is 1. The zero-order chi connectivity index (χ0) is 29.6. The standard InChI is InChI=1S/C26H32N4O10/c1-14-5-3-6-15(2)23(14)26(39)40-13-19(32)17(11-22(35)36)28-24(37)18-7-4-10-29-21(34)9-8-16(25(38)30(18)29)27-20(33)12-31/h3,5-6,16-18,31H,4,7-13H2,1-2H3,(H,27,33)(H,28,37)(H,35,36)/t16-,17-,18-/m0/s1. The van der Waals surface area contributed by atoms with Gasteiger partial charge in [0.1, 0.15) is 24.7 Å². The number of rotatable bonds is 10. The summed E-state index contributed by atoms with van der Waals surface area (Å²) >= 11 is 0. The number of aliphatic hydroxyl groups excluding tert-OH is 1. The van der Waals surface area contributed by atoms with Crippen LogP contribution >= 0.6 is 0 Å². The minimum absolute atomic E-state index is 0.0450. The first kappa shape index (κ1) is 30.2. The van der Waals surface area contributed by atoms with E-state index in [1.54, 1.807) is 32.0 Å². The molecule has 14 heteroatoms. The lowest BCUT2D eigenvalue weighted by molar-refractivity contribution is -0.176. The zero-order valence-electron chi connectivity index (χ0n) is 22.2. The Morgan fingerprint density at radius 1 is 1.10 bits per heavy atom. The summed E-state index contributed by atoms with van der Waals surface area (Å²) in [6, 6.07) is 1.10. The molecule has 0 bridgehead atoms. The van der Waals surface area contributed by atoms with Crippen molar-refractivity contribution in [3.05, 3.63) is 34.9 Å². The van der Waals surface area contributed by atoms with Crippen molar-refractivity contribution >= 4 is 41.4 Å². The number of esters is 1. The van der Waals surface area contributed by atoms with Crippen molar-refractivity contribution in [3.63, 3.8) is 0 Å². The number of aryl methyl sites for hydroxylation is 2. The van der Waals surface area contributed by atoms with Gasteiger partial charge in [0.25, 0.3) is 5.91 Å². The molecule has 4 N–H and O–H groups in total. The van der Waals surface area contributed by atoms with Gasteiger partial charge in [-0.3, -0.25) is 33.8 Å². The first-order valence-electron chi connectivity index (χ1n) is 12.8. The highest BCUT2D eigenvalue weighted by Crippen LogP contribution is 2.25. The van der Waals surface area contributed by atoms with Crippen LogP contribution in [0, 0.1) is 13.8 Å². The molecule has 2 aliphatic rings. The number of aliphatic hydroxyl groups is 1. The molecule has 2 aliphatic heterocycles. The quantitative estimate of drug-likeness (QED) is 0.257. The minimum Gasteiger partial charge on any atom is -0.481 e. The van der Waals surface area contributed by atoms with Gasteiger partial charge in [0.2, 0.25) is 17.7 Å². The number of carboxylic acids is 1. The van der Waals surface area contributed by atoms with Crippen molar-refractivity contribution in [2.24, 2.45) is 0 Å². The lowest BCUT2D eigenvalue weighted by atomic mass is 10.0. The maximum atomic E-state index is 13.3. The number of aliphatic carboxylic acids is 1. The highest BCUT2D eigenvalue weighted by Gasteiger charge is 2.45. The van der Waals surface area contributed by atoms with Crippen LogP contribution in [0.5, 0.6) is 0 Å². The van der Waals surface area contributed by atoms with E-state index in [1.165, 1.54) is 0 Å². The summed E-state index contributed by atoms with van der Waals surface area (Å²) in [5.41, 5.74) is 1.52. The molecule has 0 unspecified atom stereocenters. The smallest absolute Gasteiger partial charge is 0.339 e. The average molecular weight is 561 g/mol. The first-order chi connectivity index (χ1) is 18.9. The monoisotopic (exact) mass is 560 g/mol. The minimum atomic E-state index is -1.59. The number of ether oxygens (including phenoxy) is 1. The number of carbonyl (C=O) groups is 7. The molecule has 0 spiro atoms. The van der Waals surface area contributed by atoms with E-state index in [2.05, 4.69) is 10.6 Å². The molecule has 0 saturated carbocycles. The number of amides is 4. The summed E-state index contributed by atoms with van der Waals surface area (Å²) < 4.78 is 5.13. The van der Waals surface area contributed by atoms with E-state index in [-0.39, 0.29) is 31.4 Å². The van der Waals surface area contributed by atoms with Crippen LogP contribution in [-0.4, -0.2) is 99.5 Å². The molecule has 0 radical (unpaired) electrons. The summed E-state index contributed by atoms with van der Waals surface area (Å²) in [7, 11) is 0. The molecule has 2 heterocycles. The molecule has 216 valence electrons. The number of carbonyl (C=O) groups excluding carboxylic acids is 6. The fourth-order valence-corrected chi connectivity index (χ4v) is 4.78. The highest BCUT2D eigenvalue weighted by atomic mass is 16.5. The van der Waals surface area contributed by atoms with Crippen LogP contribution < -0.4 is 10.6 Å². The molecule has 0 aliphatic carbocycles. The van der Waals surface area contributed by atoms with Gasteiger partial charge in [0.05, 0.1) is 12.0 Å². The first-order valence-corrected chi connectivity index (χ1v) is 12.8. The van der Waals surface area contributed by atoms with Crippen molar-refractivity contribution in [2.75, 3.05) is 19.8 Å². The van der Waals surface area contributed by atoms with Gasteiger partial charge in [-0.1, -0.05) is 18.2 Å². The third-order valence-electron chi connectivity index (χ3n) is 6.76. The number of nitrogens with one attached hydrogen (secondary N) is 2. The molecular weight excluding hydrogens is 528 g/mol. The number of benzene rings is 1. The number of fused-ring (bicyclic) bond motifs is 1. The normalized spacial score (nSPS) is 19.7. The van der Waals surface area contributed by atoms with Gasteiger partial charge in [-0.15, -0.1) is 0 Å². The van der Waals surface area contributed by atoms with E-state index in [0.717, 1.165) is 10.0 Å². The fraction of sp³-hybridized carbons (Fsp3) is 0.500. The molecule has 40 heavy (non-hydrogen) atoms. The molecule has 1 aromatic rings. The summed E-state index contributed by atoms with van der Waals surface area (Å²) in [6.07, 6.45) is -0.525. The van der Waals surface area contributed by atoms with E-state index >= 15 is 0 Å². The largest absolute Gasteiger partial charge is 0.481 e. The molecular formula is C26H32N4O10. The molecule has 2 saturated heterocycles. The number of hydrogen-bond donors (Lipinski definition) is 4. The topological polar surface area (TPSA) is 200 Å². The summed E-state index contributed by atoms with van der Waals surface area (Å²) in [6.45, 7) is 1.85. The predicted octanol–water partition coefficient (Wildman–Crippen LogP) is -1.01. The van der Waals surface area contributed by atoms with Gasteiger partial charge in [-0.2, -0.15) is 0 Å². The Bertz CT molecular complexity index is 1200. The SMILES string of the molecule is Cc1cccc(C)c1C(=O)OCC(=O)[C@H](CC(=O)O)NC(=O)[C@@H]1CCCN2C(=O)CC[C@H](NC(=O)CO)C(=O)N12. The van der Waals surface area contributed by atoms with Gasteiger partial charge in [-0.05, 0) is 44.2 Å². The summed E-state index contributed by atoms with van der Waals surface area (Å²) in [5, 5.41) is 25.1. The Hall–Kier alpha value is -4.33. The summed E-state index contributed by atoms with van der Waals surface area (Å²) in [4.78, 5) is 88.0. The Morgan fingerprint density at radius 2 is 1.77 bits per heavy atom. The molecule has 2 fully saturated rings. The Morgan fingerprint density at radius 3 is 2.40 bits per heavy atom. The van der Waals surface area contributed by atoms with Crippen LogP contribution in [0.2, 0.25) is 0 Å². The summed E-state index contributed by atoms with van der Waals surface area (Å²) in [5.74, 6) is -6.00. The molecule has 4 amide bonds. The Labute approximate surface area is 229 Å². The van der Waals surface area contributed by atoms with E-state index in [0.29, 0.717) is 17.5 Å². The van der Waals surface area contributed by atoms with Gasteiger partial charge >= 0.3 is 11.9 Å². The Kier molecular flexibility index (Phi) is 9.93. The second-order valence-corrected chi connectivity index (χ2v) is 9.64. The van der Waals surface area contributed by atoms with E-state index in [1.807, 2.05) is 0 Å². The fourth-order valence-electron chi connectivity index (χ4n) is 4.78. The molecule has 3 rings (SSSR count). The van der Waals surface area contributed by atoms with Gasteiger partial charge in [0.15, 0.2) is 12.4 Å². The lowest BCUT2D eigenvalue weighted by Gasteiger charge is -2.43. The van der Waals surface area contributed by atoms with Crippen LogP contribution in [0.15, 0.2) is 18.2 Å². The van der Waals surface area contributed by atoms with Gasteiger partial charge in [0, 0.05) is 13.0 Å². The molecule has 14 nitrogen and oxygen atoms in total.